The predicted molar refractivity (Wildman–Crippen MR) is 145 cm³/mol. The third-order valence-corrected chi connectivity index (χ3v) is 5.65. The minimum atomic E-state index is -4.51. The van der Waals surface area contributed by atoms with Crippen molar-refractivity contribution in [2.45, 2.75) is 12.6 Å². The fraction of sp³-hybridized carbons (Fsp3) is 0.133. The number of ether oxygens (including phenoxy) is 1. The van der Waals surface area contributed by atoms with Crippen molar-refractivity contribution in [3.05, 3.63) is 120 Å². The lowest BCUT2D eigenvalue weighted by atomic mass is 10.1. The molecule has 9 heteroatoms. The Morgan fingerprint density at radius 3 is 2.18 bits per heavy atom. The number of carbonyl (C=O) groups excluding carboxylic acids is 2. The van der Waals surface area contributed by atoms with E-state index in [4.69, 9.17) is 4.74 Å². The van der Waals surface area contributed by atoms with Crippen molar-refractivity contribution in [1.82, 2.24) is 0 Å². The molecule has 4 aromatic carbocycles. The van der Waals surface area contributed by atoms with Gasteiger partial charge in [0.1, 0.15) is 5.75 Å². The number of halogens is 3. The minimum Gasteiger partial charge on any atom is -0.493 e. The van der Waals surface area contributed by atoms with Crippen molar-refractivity contribution < 1.29 is 27.5 Å². The Morgan fingerprint density at radius 2 is 1.41 bits per heavy atom. The lowest BCUT2D eigenvalue weighted by Crippen LogP contribution is -2.22. The Balaban J connectivity index is 1.27. The second kappa shape index (κ2) is 12.6. The number of nitrogens with one attached hydrogen (secondary N) is 3. The number of alkyl halides is 3. The zero-order chi connectivity index (χ0) is 27.7. The smallest absolute Gasteiger partial charge is 0.416 e. The van der Waals surface area contributed by atoms with Crippen LogP contribution in [0.5, 0.6) is 5.75 Å². The van der Waals surface area contributed by atoms with E-state index < -0.39 is 17.6 Å². The summed E-state index contributed by atoms with van der Waals surface area (Å²) in [6.07, 6.45) is -3.75. The van der Waals surface area contributed by atoms with Gasteiger partial charge < -0.3 is 20.7 Å². The first-order chi connectivity index (χ1) is 18.8. The lowest BCUT2D eigenvalue weighted by Gasteiger charge is -2.12. The zero-order valence-electron chi connectivity index (χ0n) is 20.8. The summed E-state index contributed by atoms with van der Waals surface area (Å²) >= 11 is 0. The summed E-state index contributed by atoms with van der Waals surface area (Å²) in [6.45, 7) is 0.429. The van der Waals surface area contributed by atoms with Crippen molar-refractivity contribution in [3.63, 3.8) is 0 Å². The highest BCUT2D eigenvalue weighted by Crippen LogP contribution is 2.30. The van der Waals surface area contributed by atoms with Gasteiger partial charge in [-0.2, -0.15) is 13.2 Å². The molecule has 0 aliphatic heterocycles. The molecule has 0 aliphatic carbocycles. The monoisotopic (exact) mass is 533 g/mol. The highest BCUT2D eigenvalue weighted by Gasteiger charge is 2.30. The van der Waals surface area contributed by atoms with Gasteiger partial charge in [0, 0.05) is 35.1 Å². The topological polar surface area (TPSA) is 79.5 Å². The molecule has 0 aliphatic rings. The number of hydrogen-bond acceptors (Lipinski definition) is 4. The maximum absolute atomic E-state index is 12.9. The molecule has 0 atom stereocenters. The van der Waals surface area contributed by atoms with Gasteiger partial charge in [-0.1, -0.05) is 48.5 Å². The third kappa shape index (κ3) is 8.36. The number of benzene rings is 4. The molecule has 4 aromatic rings. The van der Waals surface area contributed by atoms with Gasteiger partial charge in [0.25, 0.3) is 5.91 Å². The van der Waals surface area contributed by atoms with E-state index in [0.717, 1.165) is 18.6 Å². The molecule has 0 heterocycles. The minimum absolute atomic E-state index is 0.0267. The van der Waals surface area contributed by atoms with Crippen molar-refractivity contribution in [1.29, 1.82) is 0 Å². The van der Waals surface area contributed by atoms with E-state index >= 15 is 0 Å². The molecule has 4 rings (SSSR count). The molecule has 6 nitrogen and oxygen atoms in total. The van der Waals surface area contributed by atoms with E-state index in [1.54, 1.807) is 30.3 Å². The number of rotatable bonds is 10. The Hall–Kier alpha value is -4.79. The molecule has 0 spiro atoms. The summed E-state index contributed by atoms with van der Waals surface area (Å²) in [5.74, 6) is -0.252. The average molecular weight is 534 g/mol. The summed E-state index contributed by atoms with van der Waals surface area (Å²) < 4.78 is 44.6. The molecule has 39 heavy (non-hydrogen) atoms. The first-order valence-electron chi connectivity index (χ1n) is 12.2. The molecule has 0 saturated carbocycles. The maximum Gasteiger partial charge on any atom is 0.416 e. The largest absolute Gasteiger partial charge is 0.493 e. The van der Waals surface area contributed by atoms with Gasteiger partial charge in [0.15, 0.2) is 0 Å². The number of hydrogen-bond donors (Lipinski definition) is 3. The van der Waals surface area contributed by atoms with Crippen molar-refractivity contribution >= 4 is 28.9 Å². The Bertz CT molecular complexity index is 1430. The van der Waals surface area contributed by atoms with E-state index in [1.165, 1.54) is 29.8 Å². The van der Waals surface area contributed by atoms with Crippen molar-refractivity contribution in [2.24, 2.45) is 0 Å². The zero-order valence-corrected chi connectivity index (χ0v) is 20.8. The van der Waals surface area contributed by atoms with Crippen molar-refractivity contribution in [2.75, 3.05) is 29.1 Å². The van der Waals surface area contributed by atoms with Crippen LogP contribution in [-0.2, 0) is 17.4 Å². The third-order valence-electron chi connectivity index (χ3n) is 5.65. The van der Waals surface area contributed by atoms with Gasteiger partial charge in [-0.3, -0.25) is 9.59 Å². The molecule has 0 radical (unpaired) electrons. The van der Waals surface area contributed by atoms with E-state index in [9.17, 15) is 22.8 Å². The Morgan fingerprint density at radius 1 is 0.718 bits per heavy atom. The average Bonchev–Trinajstić information content (AvgIpc) is 2.93. The summed E-state index contributed by atoms with van der Waals surface area (Å²) in [5.41, 5.74) is 1.64. The van der Waals surface area contributed by atoms with Gasteiger partial charge in [-0.05, 0) is 54.1 Å². The molecule has 0 saturated heterocycles. The van der Waals surface area contributed by atoms with Gasteiger partial charge in [0.05, 0.1) is 18.7 Å². The highest BCUT2D eigenvalue weighted by molar-refractivity contribution is 6.05. The summed E-state index contributed by atoms with van der Waals surface area (Å²) in [4.78, 5) is 25.1. The molecule has 0 unspecified atom stereocenters. The second-order valence-electron chi connectivity index (χ2n) is 8.63. The number of amides is 2. The van der Waals surface area contributed by atoms with Gasteiger partial charge >= 0.3 is 6.18 Å². The van der Waals surface area contributed by atoms with Crippen LogP contribution in [0.3, 0.4) is 0 Å². The molecule has 2 amide bonds. The SMILES string of the molecule is O=C(CNc1cccc(C(=O)Nc2cccc(C(F)(F)F)c2)c1)Nc1cccc(OCCc2ccccc2)c1. The van der Waals surface area contributed by atoms with Crippen molar-refractivity contribution in [3.8, 4) is 5.75 Å². The molecule has 0 aromatic heterocycles. The molecule has 0 fully saturated rings. The summed E-state index contributed by atoms with van der Waals surface area (Å²) in [5, 5.41) is 8.21. The molecule has 0 bridgehead atoms. The Kier molecular flexibility index (Phi) is 8.83. The van der Waals surface area contributed by atoms with Crippen LogP contribution in [0.25, 0.3) is 0 Å². The highest BCUT2D eigenvalue weighted by atomic mass is 19.4. The van der Waals surface area contributed by atoms with E-state index in [-0.39, 0.29) is 23.7 Å². The van der Waals surface area contributed by atoms with Crippen LogP contribution in [0, 0.1) is 0 Å². The standard InChI is InChI=1S/C30H26F3N3O3/c31-30(32,33)23-10-5-12-25(18-23)36-29(38)22-9-4-11-24(17-22)34-20-28(37)35-26-13-6-14-27(19-26)39-16-15-21-7-2-1-3-8-21/h1-14,17-19,34H,15-16,20H2,(H,35,37)(H,36,38). The lowest BCUT2D eigenvalue weighted by molar-refractivity contribution is -0.137. The van der Waals surface area contributed by atoms with Crippen LogP contribution >= 0.6 is 0 Å². The van der Waals surface area contributed by atoms with Crippen LogP contribution in [0.4, 0.5) is 30.2 Å². The maximum atomic E-state index is 12.9. The van der Waals surface area contributed by atoms with Crippen LogP contribution in [0.2, 0.25) is 0 Å². The molecular formula is C30H26F3N3O3. The fourth-order valence-corrected chi connectivity index (χ4v) is 3.73. The van der Waals surface area contributed by atoms with Gasteiger partial charge in [-0.25, -0.2) is 0 Å². The summed E-state index contributed by atoms with van der Waals surface area (Å²) in [6, 6.07) is 27.8. The van der Waals surface area contributed by atoms with E-state index in [0.29, 0.717) is 23.7 Å². The number of carbonyl (C=O) groups is 2. The van der Waals surface area contributed by atoms with Crippen LogP contribution in [0.1, 0.15) is 21.5 Å². The van der Waals surface area contributed by atoms with Crippen LogP contribution in [-0.4, -0.2) is 25.0 Å². The van der Waals surface area contributed by atoms with Gasteiger partial charge in [0.2, 0.25) is 5.91 Å². The van der Waals surface area contributed by atoms with E-state index in [1.807, 2.05) is 36.4 Å². The Labute approximate surface area is 223 Å². The summed E-state index contributed by atoms with van der Waals surface area (Å²) in [7, 11) is 0. The predicted octanol–water partition coefficient (Wildman–Crippen LogP) is 6.63. The molecule has 3 N–H and O–H groups in total. The first kappa shape index (κ1) is 27.3. The fourth-order valence-electron chi connectivity index (χ4n) is 3.73. The quantitative estimate of drug-likeness (QED) is 0.214. The first-order valence-corrected chi connectivity index (χ1v) is 12.2. The van der Waals surface area contributed by atoms with Crippen LogP contribution < -0.4 is 20.7 Å². The number of anilines is 3. The molecule has 200 valence electrons. The second-order valence-corrected chi connectivity index (χ2v) is 8.63. The van der Waals surface area contributed by atoms with E-state index in [2.05, 4.69) is 16.0 Å². The van der Waals surface area contributed by atoms with Crippen LogP contribution in [0.15, 0.2) is 103 Å². The molecular weight excluding hydrogens is 507 g/mol. The normalized spacial score (nSPS) is 10.9. The van der Waals surface area contributed by atoms with Gasteiger partial charge in [-0.15, -0.1) is 0 Å².